The van der Waals surface area contributed by atoms with Crippen LogP contribution in [0.15, 0.2) is 114 Å². The molecule has 2 atom stereocenters. The first-order chi connectivity index (χ1) is 29.1. The van der Waals surface area contributed by atoms with Crippen LogP contribution >= 0.6 is 0 Å². The minimum Gasteiger partial charge on any atom is -0.455 e. The maximum absolute atomic E-state index is 13.9. The number of nitrogens with zero attached hydrogens (tertiary/aromatic N) is 3. The lowest BCUT2D eigenvalue weighted by atomic mass is 9.90. The molecule has 2 aliphatic heterocycles. The van der Waals surface area contributed by atoms with Gasteiger partial charge in [0.05, 0.1) is 27.6 Å². The van der Waals surface area contributed by atoms with Crippen molar-refractivity contribution in [3.8, 4) is 22.6 Å². The Kier molecular flexibility index (Phi) is 10.7. The fourth-order valence-corrected chi connectivity index (χ4v) is 9.58. The third kappa shape index (κ3) is 8.17. The summed E-state index contributed by atoms with van der Waals surface area (Å²) >= 11 is 0. The van der Waals surface area contributed by atoms with Crippen LogP contribution < -0.4 is 19.7 Å². The Hall–Kier alpha value is -6.25. The van der Waals surface area contributed by atoms with Gasteiger partial charge in [-0.05, 0) is 121 Å². The van der Waals surface area contributed by atoms with E-state index in [4.69, 9.17) is 9.47 Å². The molecule has 3 N–H and O–H groups in total. The number of benzene rings is 4. The molecule has 3 fully saturated rings. The summed E-state index contributed by atoms with van der Waals surface area (Å²) in [5.74, 6) is 0.911. The molecule has 4 aromatic carbocycles. The fraction of sp³-hybridized carbons (Fsp3) is 0.304. The second-order valence-corrected chi connectivity index (χ2v) is 17.7. The van der Waals surface area contributed by atoms with Crippen molar-refractivity contribution in [3.63, 3.8) is 0 Å². The van der Waals surface area contributed by atoms with Crippen molar-refractivity contribution in [2.24, 2.45) is 11.8 Å². The van der Waals surface area contributed by atoms with Gasteiger partial charge in [-0.25, -0.2) is 18.1 Å². The van der Waals surface area contributed by atoms with Gasteiger partial charge in [0.2, 0.25) is 0 Å². The highest BCUT2D eigenvalue weighted by Gasteiger charge is 2.37. The van der Waals surface area contributed by atoms with Gasteiger partial charge in [-0.2, -0.15) is 0 Å². The van der Waals surface area contributed by atoms with Crippen LogP contribution in [0.1, 0.15) is 72.5 Å². The molecule has 1 saturated carbocycles. The SMILES string of the molecule is CC1CCN(c2ccc(-c3ccc(C(=O)NS(=O)(=O)c4ccc(NCC5CCOCC5)c([N+](=O)[O-])c4)c(Oc4cnc5[nH]ccc5c4)c3)cc2)C1c1ccccc1C1CC1. The van der Waals surface area contributed by atoms with E-state index < -0.39 is 31.4 Å². The van der Waals surface area contributed by atoms with Crippen molar-refractivity contribution in [2.45, 2.75) is 55.9 Å². The number of fused-ring (bicyclic) bond motifs is 1. The molecule has 0 spiro atoms. The Morgan fingerprint density at radius 1 is 0.933 bits per heavy atom. The molecule has 3 aliphatic rings. The first kappa shape index (κ1) is 39.2. The number of sulfonamides is 1. The molecule has 4 heterocycles. The number of hydrogen-bond donors (Lipinski definition) is 3. The summed E-state index contributed by atoms with van der Waals surface area (Å²) in [4.78, 5) is 34.9. The summed E-state index contributed by atoms with van der Waals surface area (Å²) in [6, 6.07) is 29.7. The third-order valence-electron chi connectivity index (χ3n) is 12.0. The molecule has 1 aliphatic carbocycles. The fourth-order valence-electron chi connectivity index (χ4n) is 8.60. The average molecular weight is 827 g/mol. The van der Waals surface area contributed by atoms with Crippen molar-refractivity contribution in [1.82, 2.24) is 14.7 Å². The van der Waals surface area contributed by atoms with Crippen LogP contribution in [0.2, 0.25) is 0 Å². The van der Waals surface area contributed by atoms with Gasteiger partial charge in [-0.1, -0.05) is 49.4 Å². The number of aromatic nitrogens is 2. The van der Waals surface area contributed by atoms with E-state index in [9.17, 15) is 23.3 Å². The Balaban J connectivity index is 0.986. The van der Waals surface area contributed by atoms with Crippen LogP contribution in [0.4, 0.5) is 17.1 Å². The second-order valence-electron chi connectivity index (χ2n) is 16.1. The highest BCUT2D eigenvalue weighted by Crippen LogP contribution is 2.48. The van der Waals surface area contributed by atoms with Crippen molar-refractivity contribution in [3.05, 3.63) is 136 Å². The number of nitro benzene ring substituents is 1. The van der Waals surface area contributed by atoms with E-state index in [0.29, 0.717) is 43.0 Å². The largest absolute Gasteiger partial charge is 0.455 e. The number of hydrogen-bond acceptors (Lipinski definition) is 10. The quantitative estimate of drug-likeness (QED) is 0.0754. The number of rotatable bonds is 13. The second kappa shape index (κ2) is 16.4. The zero-order valence-electron chi connectivity index (χ0n) is 33.2. The molecular weight excluding hydrogens is 781 g/mol. The monoisotopic (exact) mass is 826 g/mol. The van der Waals surface area contributed by atoms with E-state index in [1.165, 1.54) is 48.4 Å². The molecule has 14 heteroatoms. The number of carbonyl (C=O) groups is 1. The minimum absolute atomic E-state index is 0.0550. The van der Waals surface area contributed by atoms with E-state index in [1.54, 1.807) is 24.4 Å². The maximum Gasteiger partial charge on any atom is 0.293 e. The predicted octanol–water partition coefficient (Wildman–Crippen LogP) is 9.35. The molecule has 0 radical (unpaired) electrons. The zero-order valence-corrected chi connectivity index (χ0v) is 34.0. The minimum atomic E-state index is -4.56. The number of amides is 1. The van der Waals surface area contributed by atoms with Crippen LogP contribution in [-0.4, -0.2) is 55.5 Å². The predicted molar refractivity (Wildman–Crippen MR) is 230 cm³/mol. The molecule has 2 unspecified atom stereocenters. The highest BCUT2D eigenvalue weighted by molar-refractivity contribution is 7.90. The number of pyridine rings is 1. The molecule has 0 bridgehead atoms. The first-order valence-electron chi connectivity index (χ1n) is 20.5. The Bertz CT molecular complexity index is 2670. The van der Waals surface area contributed by atoms with Gasteiger partial charge < -0.3 is 24.7 Å². The van der Waals surface area contributed by atoms with E-state index in [-0.39, 0.29) is 29.0 Å². The van der Waals surface area contributed by atoms with Crippen molar-refractivity contribution < 1.29 is 27.6 Å². The van der Waals surface area contributed by atoms with E-state index in [0.717, 1.165) is 54.1 Å². The van der Waals surface area contributed by atoms with Gasteiger partial charge >= 0.3 is 0 Å². The third-order valence-corrected chi connectivity index (χ3v) is 13.3. The number of anilines is 2. The van der Waals surface area contributed by atoms with Gasteiger partial charge in [0.15, 0.2) is 0 Å². The van der Waals surface area contributed by atoms with E-state index in [1.807, 2.05) is 18.2 Å². The van der Waals surface area contributed by atoms with Crippen LogP contribution in [0, 0.1) is 22.0 Å². The molecule has 60 heavy (non-hydrogen) atoms. The van der Waals surface area contributed by atoms with Crippen LogP contribution in [0.3, 0.4) is 0 Å². The van der Waals surface area contributed by atoms with Gasteiger partial charge in [0, 0.05) is 49.6 Å². The highest BCUT2D eigenvalue weighted by atomic mass is 32.2. The number of nitrogens with one attached hydrogen (secondary N) is 3. The molecule has 1 amide bonds. The molecule has 308 valence electrons. The molecule has 13 nitrogen and oxygen atoms in total. The summed E-state index contributed by atoms with van der Waals surface area (Å²) in [6.07, 6.45) is 8.52. The molecular formula is C46H46N6O7S. The number of aromatic amines is 1. The smallest absolute Gasteiger partial charge is 0.293 e. The Morgan fingerprint density at radius 2 is 1.70 bits per heavy atom. The van der Waals surface area contributed by atoms with Crippen molar-refractivity contribution >= 4 is 44.0 Å². The number of nitro groups is 1. The van der Waals surface area contributed by atoms with Gasteiger partial charge in [0.1, 0.15) is 22.8 Å². The standard InChI is InChI=1S/C46H46N6O7S/c1-29-17-21-51(44(29)39-5-3-2-4-38(39)32-6-7-32)35-11-8-31(9-12-35)33-10-14-40(43(25-33)59-36-24-34-16-20-47-45(34)49-28-36)46(53)50-60(56,57)37-13-15-41(42(26-37)52(54)55)48-27-30-18-22-58-23-19-30/h2-5,8-16,20,24-26,28-30,32,44,48H,6-7,17-19,21-23,27H2,1H3,(H,47,49)(H,50,53). The summed E-state index contributed by atoms with van der Waals surface area (Å²) < 4.78 is 41.1. The lowest BCUT2D eigenvalue weighted by Crippen LogP contribution is -2.31. The lowest BCUT2D eigenvalue weighted by molar-refractivity contribution is -0.384. The normalized spacial score (nSPS) is 18.4. The first-order valence-corrected chi connectivity index (χ1v) is 22.0. The Morgan fingerprint density at radius 3 is 2.47 bits per heavy atom. The Labute approximate surface area is 348 Å². The van der Waals surface area contributed by atoms with Crippen LogP contribution in [-0.2, 0) is 14.8 Å². The van der Waals surface area contributed by atoms with Gasteiger partial charge in [-0.3, -0.25) is 14.9 Å². The summed E-state index contributed by atoms with van der Waals surface area (Å²) in [7, 11) is -4.56. The van der Waals surface area contributed by atoms with Gasteiger partial charge in [-0.15, -0.1) is 0 Å². The average Bonchev–Trinajstić information content (AvgIpc) is 3.88. The van der Waals surface area contributed by atoms with E-state index in [2.05, 4.69) is 68.2 Å². The van der Waals surface area contributed by atoms with Crippen LogP contribution in [0.25, 0.3) is 22.2 Å². The summed E-state index contributed by atoms with van der Waals surface area (Å²) in [5, 5.41) is 16.0. The lowest BCUT2D eigenvalue weighted by Gasteiger charge is -2.31. The number of H-pyrrole nitrogens is 1. The van der Waals surface area contributed by atoms with E-state index >= 15 is 0 Å². The molecule has 6 aromatic rings. The van der Waals surface area contributed by atoms with Crippen molar-refractivity contribution in [1.29, 1.82) is 0 Å². The molecule has 9 rings (SSSR count). The molecule has 2 aromatic heterocycles. The number of ether oxygens (including phenoxy) is 2. The number of carbonyl (C=O) groups excluding carboxylic acids is 1. The zero-order chi connectivity index (χ0) is 41.4. The maximum atomic E-state index is 13.9. The molecule has 2 saturated heterocycles. The summed E-state index contributed by atoms with van der Waals surface area (Å²) in [5.41, 5.74) is 6.03. The van der Waals surface area contributed by atoms with Crippen molar-refractivity contribution in [2.75, 3.05) is 36.5 Å². The van der Waals surface area contributed by atoms with Gasteiger partial charge in [0.25, 0.3) is 21.6 Å². The topological polar surface area (TPSA) is 169 Å². The summed E-state index contributed by atoms with van der Waals surface area (Å²) in [6.45, 7) is 5.03. The van der Waals surface area contributed by atoms with Crippen LogP contribution in [0.5, 0.6) is 11.5 Å².